The molecule has 28 heavy (non-hydrogen) atoms. The van der Waals surface area contributed by atoms with Crippen LogP contribution in [0.3, 0.4) is 0 Å². The van der Waals surface area contributed by atoms with E-state index in [0.717, 1.165) is 37.4 Å². The first kappa shape index (κ1) is 19.0. The van der Waals surface area contributed by atoms with E-state index in [9.17, 15) is 0 Å². The lowest BCUT2D eigenvalue weighted by atomic mass is 10.1. The number of rotatable bonds is 7. The lowest BCUT2D eigenvalue weighted by Crippen LogP contribution is -2.30. The number of fused-ring (bicyclic) bond motifs is 1. The summed E-state index contributed by atoms with van der Waals surface area (Å²) < 4.78 is 8.52. The van der Waals surface area contributed by atoms with Gasteiger partial charge >= 0.3 is 0 Å². The first-order chi connectivity index (χ1) is 13.7. The Morgan fingerprint density at radius 3 is 2.46 bits per heavy atom. The summed E-state index contributed by atoms with van der Waals surface area (Å²) in [7, 11) is 0. The highest BCUT2D eigenvalue weighted by molar-refractivity contribution is 5.75. The average molecular weight is 378 g/mol. The summed E-state index contributed by atoms with van der Waals surface area (Å²) in [5.74, 6) is 2.22. The fraction of sp³-hybridized carbons (Fsp3) is 0.458. The number of ether oxygens (including phenoxy) is 1. The molecule has 1 fully saturated rings. The van der Waals surface area contributed by atoms with Crippen LogP contribution in [0.4, 0.5) is 0 Å². The molecular weight excluding hydrogens is 346 g/mol. The SMILES string of the molecule is Cc1cccc(C)c1OCCCn1c(CN2CCCCC2)nc2ccccc21. The molecule has 1 aliphatic heterocycles. The molecule has 2 aromatic carbocycles. The summed E-state index contributed by atoms with van der Waals surface area (Å²) in [6.45, 7) is 9.23. The summed E-state index contributed by atoms with van der Waals surface area (Å²) in [5, 5.41) is 0. The minimum atomic E-state index is 0.724. The van der Waals surface area contributed by atoms with E-state index in [1.807, 2.05) is 0 Å². The maximum absolute atomic E-state index is 6.12. The lowest BCUT2D eigenvalue weighted by molar-refractivity contribution is 0.212. The summed E-state index contributed by atoms with van der Waals surface area (Å²) in [5.41, 5.74) is 4.75. The van der Waals surface area contributed by atoms with Crippen molar-refractivity contribution in [2.75, 3.05) is 19.7 Å². The van der Waals surface area contributed by atoms with Gasteiger partial charge < -0.3 is 9.30 Å². The minimum Gasteiger partial charge on any atom is -0.493 e. The zero-order chi connectivity index (χ0) is 19.3. The number of nitrogens with zero attached hydrogens (tertiary/aromatic N) is 3. The molecule has 0 aliphatic carbocycles. The maximum Gasteiger partial charge on any atom is 0.125 e. The molecule has 1 saturated heterocycles. The number of aromatic nitrogens is 2. The zero-order valence-corrected chi connectivity index (χ0v) is 17.2. The fourth-order valence-corrected chi connectivity index (χ4v) is 4.24. The van der Waals surface area contributed by atoms with Crippen molar-refractivity contribution in [2.45, 2.75) is 52.6 Å². The molecule has 0 amide bonds. The smallest absolute Gasteiger partial charge is 0.125 e. The highest BCUT2D eigenvalue weighted by Crippen LogP contribution is 2.23. The van der Waals surface area contributed by atoms with E-state index in [2.05, 4.69) is 65.8 Å². The molecule has 0 bridgehead atoms. The lowest BCUT2D eigenvalue weighted by Gasteiger charge is -2.26. The van der Waals surface area contributed by atoms with Gasteiger partial charge in [-0.1, -0.05) is 36.8 Å². The molecule has 0 atom stereocenters. The van der Waals surface area contributed by atoms with Crippen LogP contribution in [0.2, 0.25) is 0 Å². The van der Waals surface area contributed by atoms with Crippen molar-refractivity contribution in [1.82, 2.24) is 14.5 Å². The molecular formula is C24H31N3O. The third kappa shape index (κ3) is 4.22. The second-order valence-electron chi connectivity index (χ2n) is 7.93. The molecule has 0 unspecified atom stereocenters. The third-order valence-corrected chi connectivity index (χ3v) is 5.73. The van der Waals surface area contributed by atoms with E-state index in [0.29, 0.717) is 0 Å². The highest BCUT2D eigenvalue weighted by atomic mass is 16.5. The van der Waals surface area contributed by atoms with Crippen LogP contribution >= 0.6 is 0 Å². The summed E-state index contributed by atoms with van der Waals surface area (Å²) in [6.07, 6.45) is 4.96. The molecule has 3 aromatic rings. The number of benzene rings is 2. The van der Waals surface area contributed by atoms with Gasteiger partial charge in [-0.2, -0.15) is 0 Å². The normalized spacial score (nSPS) is 15.2. The number of likely N-dealkylation sites (tertiary alicyclic amines) is 1. The van der Waals surface area contributed by atoms with Crippen LogP contribution in [-0.4, -0.2) is 34.1 Å². The van der Waals surface area contributed by atoms with Gasteiger partial charge in [-0.15, -0.1) is 0 Å². The Bertz CT molecular complexity index is 904. The number of hydrogen-bond donors (Lipinski definition) is 0. The molecule has 1 aliphatic rings. The van der Waals surface area contributed by atoms with Gasteiger partial charge in [0.15, 0.2) is 0 Å². The molecule has 4 heteroatoms. The molecule has 4 rings (SSSR count). The second-order valence-corrected chi connectivity index (χ2v) is 7.93. The Hall–Kier alpha value is -2.33. The van der Waals surface area contributed by atoms with Crippen molar-refractivity contribution in [3.8, 4) is 5.75 Å². The predicted octanol–water partition coefficient (Wildman–Crippen LogP) is 5.11. The van der Waals surface area contributed by atoms with Crippen LogP contribution in [0.5, 0.6) is 5.75 Å². The van der Waals surface area contributed by atoms with Crippen molar-refractivity contribution in [2.24, 2.45) is 0 Å². The topological polar surface area (TPSA) is 30.3 Å². The highest BCUT2D eigenvalue weighted by Gasteiger charge is 2.16. The van der Waals surface area contributed by atoms with Gasteiger partial charge in [0.25, 0.3) is 0 Å². The average Bonchev–Trinajstić information content (AvgIpc) is 3.05. The molecule has 0 N–H and O–H groups in total. The molecule has 4 nitrogen and oxygen atoms in total. The van der Waals surface area contributed by atoms with Crippen molar-refractivity contribution in [3.63, 3.8) is 0 Å². The van der Waals surface area contributed by atoms with Gasteiger partial charge in [-0.05, 0) is 69.5 Å². The number of hydrogen-bond acceptors (Lipinski definition) is 3. The van der Waals surface area contributed by atoms with E-state index in [-0.39, 0.29) is 0 Å². The Balaban J connectivity index is 1.45. The van der Waals surface area contributed by atoms with E-state index >= 15 is 0 Å². The Labute approximate surface area is 168 Å². The summed E-state index contributed by atoms with van der Waals surface area (Å²) in [6, 6.07) is 14.8. The Morgan fingerprint density at radius 1 is 0.929 bits per heavy atom. The standard InChI is InChI=1S/C24H31N3O/c1-19-10-8-11-20(2)24(19)28-17-9-16-27-22-13-5-4-12-21(22)25-23(27)18-26-14-6-3-7-15-26/h4-5,8,10-13H,3,6-7,9,14-18H2,1-2H3. The minimum absolute atomic E-state index is 0.724. The van der Waals surface area contributed by atoms with Crippen molar-refractivity contribution < 1.29 is 4.74 Å². The van der Waals surface area contributed by atoms with E-state index in [1.165, 1.54) is 54.8 Å². The molecule has 148 valence electrons. The summed E-state index contributed by atoms with van der Waals surface area (Å²) in [4.78, 5) is 7.50. The van der Waals surface area contributed by atoms with E-state index in [4.69, 9.17) is 9.72 Å². The van der Waals surface area contributed by atoms with Gasteiger partial charge in [0.1, 0.15) is 11.6 Å². The van der Waals surface area contributed by atoms with Crippen LogP contribution in [0, 0.1) is 13.8 Å². The number of para-hydroxylation sites is 3. The largest absolute Gasteiger partial charge is 0.493 e. The summed E-state index contributed by atoms with van der Waals surface area (Å²) >= 11 is 0. The van der Waals surface area contributed by atoms with Crippen molar-refractivity contribution in [1.29, 1.82) is 0 Å². The van der Waals surface area contributed by atoms with Crippen molar-refractivity contribution in [3.05, 3.63) is 59.4 Å². The molecule has 1 aromatic heterocycles. The van der Waals surface area contributed by atoms with Gasteiger partial charge in [0.2, 0.25) is 0 Å². The third-order valence-electron chi connectivity index (χ3n) is 5.73. The Morgan fingerprint density at radius 2 is 1.68 bits per heavy atom. The molecule has 0 spiro atoms. The van der Waals surface area contributed by atoms with Gasteiger partial charge in [-0.25, -0.2) is 4.98 Å². The van der Waals surface area contributed by atoms with E-state index < -0.39 is 0 Å². The molecule has 0 saturated carbocycles. The number of imidazole rings is 1. The monoisotopic (exact) mass is 377 g/mol. The van der Waals surface area contributed by atoms with Gasteiger partial charge in [-0.3, -0.25) is 4.90 Å². The zero-order valence-electron chi connectivity index (χ0n) is 17.2. The van der Waals surface area contributed by atoms with Gasteiger partial charge in [0, 0.05) is 6.54 Å². The predicted molar refractivity (Wildman–Crippen MR) is 115 cm³/mol. The molecule has 2 heterocycles. The fourth-order valence-electron chi connectivity index (χ4n) is 4.24. The first-order valence-corrected chi connectivity index (χ1v) is 10.6. The van der Waals surface area contributed by atoms with Crippen molar-refractivity contribution >= 4 is 11.0 Å². The van der Waals surface area contributed by atoms with Crippen LogP contribution in [0.25, 0.3) is 11.0 Å². The number of piperidine rings is 1. The number of aryl methyl sites for hydroxylation is 3. The van der Waals surface area contributed by atoms with E-state index in [1.54, 1.807) is 0 Å². The first-order valence-electron chi connectivity index (χ1n) is 10.6. The quantitative estimate of drug-likeness (QED) is 0.536. The Kier molecular flexibility index (Phi) is 5.96. The van der Waals surface area contributed by atoms with Crippen LogP contribution in [0.15, 0.2) is 42.5 Å². The maximum atomic E-state index is 6.12. The van der Waals surface area contributed by atoms with Crippen LogP contribution in [-0.2, 0) is 13.1 Å². The van der Waals surface area contributed by atoms with Crippen LogP contribution < -0.4 is 4.74 Å². The second kappa shape index (κ2) is 8.78. The van der Waals surface area contributed by atoms with Gasteiger partial charge in [0.05, 0.1) is 24.2 Å². The molecule has 0 radical (unpaired) electrons. The van der Waals surface area contributed by atoms with Crippen LogP contribution in [0.1, 0.15) is 42.6 Å².